The molecule has 232 valence electrons. The van der Waals surface area contributed by atoms with E-state index in [0.717, 1.165) is 18.1 Å². The van der Waals surface area contributed by atoms with Gasteiger partial charge in [-0.05, 0) is 44.1 Å². The van der Waals surface area contributed by atoms with Crippen LogP contribution in [0.2, 0.25) is 18.1 Å². The van der Waals surface area contributed by atoms with Crippen molar-refractivity contribution < 1.29 is 26.7 Å². The average molecular weight is 649 g/mol. The molecule has 0 spiro atoms. The maximum absolute atomic E-state index is 14.2. The molecule has 0 N–H and O–H groups in total. The lowest BCUT2D eigenvalue weighted by Crippen LogP contribution is -2.45. The van der Waals surface area contributed by atoms with Gasteiger partial charge in [-0.25, -0.2) is 27.8 Å². The van der Waals surface area contributed by atoms with Crippen molar-refractivity contribution in [2.24, 2.45) is 0 Å². The number of hydrogen-bond acceptors (Lipinski definition) is 11. The highest BCUT2D eigenvalue weighted by Crippen LogP contribution is 2.42. The lowest BCUT2D eigenvalue weighted by atomic mass is 10.2. The zero-order valence-corrected chi connectivity index (χ0v) is 28.4. The number of benzene rings is 1. The van der Waals surface area contributed by atoms with Gasteiger partial charge in [-0.2, -0.15) is 0 Å². The number of para-hydroxylation sites is 1. The molecule has 3 aromatic heterocycles. The molecule has 1 aromatic carbocycles. The second kappa shape index (κ2) is 12.4. The molecule has 0 aliphatic carbocycles. The third-order valence-corrected chi connectivity index (χ3v) is 15.1. The minimum atomic E-state index is -4.02. The van der Waals surface area contributed by atoms with Crippen LogP contribution in [0.15, 0.2) is 36.0 Å². The molecular weight excluding hydrogens is 612 g/mol. The molecule has 11 nitrogen and oxygen atoms in total. The number of methoxy groups -OCH3 is 2. The van der Waals surface area contributed by atoms with Gasteiger partial charge in [0.2, 0.25) is 0 Å². The van der Waals surface area contributed by atoms with Gasteiger partial charge in [0, 0.05) is 11.1 Å². The highest BCUT2D eigenvalue weighted by molar-refractivity contribution is 7.91. The fourth-order valence-corrected chi connectivity index (χ4v) is 7.64. The van der Waals surface area contributed by atoms with E-state index in [9.17, 15) is 12.8 Å². The van der Waals surface area contributed by atoms with Gasteiger partial charge in [-0.1, -0.05) is 26.8 Å². The number of aromatic nitrogens is 6. The molecule has 0 bridgehead atoms. The number of halogens is 1. The Bertz CT molecular complexity index is 1660. The molecular formula is C28H37FN6O5S2Si. The number of nitrogens with zero attached hydrogens (tertiary/aromatic N) is 6. The van der Waals surface area contributed by atoms with Crippen molar-refractivity contribution >= 4 is 29.5 Å². The fourth-order valence-electron chi connectivity index (χ4n) is 4.11. The second-order valence-electron chi connectivity index (χ2n) is 11.7. The normalized spacial score (nSPS) is 14.0. The van der Waals surface area contributed by atoms with E-state index in [1.165, 1.54) is 25.6 Å². The van der Waals surface area contributed by atoms with E-state index >= 15 is 0 Å². The summed E-state index contributed by atoms with van der Waals surface area (Å²) in [6.07, 6.45) is 0.970. The van der Waals surface area contributed by atoms with Gasteiger partial charge in [0.25, 0.3) is 0 Å². The number of sulfone groups is 1. The Morgan fingerprint density at radius 2 is 1.67 bits per heavy atom. The maximum atomic E-state index is 14.2. The van der Waals surface area contributed by atoms with Crippen molar-refractivity contribution in [3.8, 4) is 28.0 Å². The van der Waals surface area contributed by atoms with Gasteiger partial charge in [0.1, 0.15) is 29.0 Å². The minimum Gasteiger partial charge on any atom is -0.494 e. The quantitative estimate of drug-likeness (QED) is 0.186. The SMILES string of the molecule is COc1cccc(OC)c1-n1c(CS(=O)(=O)[C@H](C)[C@H](O[Si](C)(C)C(C)(C)C)c2ncc(F)cn2)nnc1-c1nc(C)cs1. The molecule has 43 heavy (non-hydrogen) atoms. The molecule has 0 fully saturated rings. The molecule has 4 rings (SSSR count). The monoisotopic (exact) mass is 648 g/mol. The summed E-state index contributed by atoms with van der Waals surface area (Å²) in [5.41, 5.74) is 1.23. The van der Waals surface area contributed by atoms with Crippen LogP contribution in [-0.2, 0) is 20.0 Å². The first-order chi connectivity index (χ1) is 20.1. The van der Waals surface area contributed by atoms with Crippen molar-refractivity contribution in [1.29, 1.82) is 0 Å². The summed E-state index contributed by atoms with van der Waals surface area (Å²) in [6, 6.07) is 5.25. The standard InChI is InChI=1S/C28H37FN6O5S2Si/c1-17-15-41-27(32-17)26-34-33-22(35(26)23-20(38-6)11-10-12-21(23)39-7)16-42(36,37)18(2)24(25-30-13-19(29)14-31-25)40-43(8,9)28(3,4)5/h10-15,18,24H,16H2,1-9H3/t18-,24+/m1/s1. The van der Waals surface area contributed by atoms with Crippen LogP contribution in [0.4, 0.5) is 4.39 Å². The molecule has 2 atom stereocenters. The molecule has 0 unspecified atom stereocenters. The summed E-state index contributed by atoms with van der Waals surface area (Å²) >= 11 is 1.36. The number of rotatable bonds is 11. The van der Waals surface area contributed by atoms with Crippen LogP contribution in [0.3, 0.4) is 0 Å². The first-order valence-electron chi connectivity index (χ1n) is 13.5. The number of ether oxygens (including phenoxy) is 2. The first kappa shape index (κ1) is 32.6. The van der Waals surface area contributed by atoms with Crippen molar-refractivity contribution in [2.45, 2.75) is 69.9 Å². The molecule has 0 amide bonds. The Balaban J connectivity index is 1.84. The molecule has 3 heterocycles. The highest BCUT2D eigenvalue weighted by atomic mass is 32.2. The van der Waals surface area contributed by atoms with E-state index in [1.807, 2.05) is 46.2 Å². The summed E-state index contributed by atoms with van der Waals surface area (Å²) in [4.78, 5) is 12.8. The summed E-state index contributed by atoms with van der Waals surface area (Å²) in [7, 11) is -3.53. The van der Waals surface area contributed by atoms with Crippen LogP contribution < -0.4 is 9.47 Å². The van der Waals surface area contributed by atoms with Gasteiger partial charge in [-0.3, -0.25) is 4.57 Å². The molecule has 0 saturated carbocycles. The van der Waals surface area contributed by atoms with Crippen LogP contribution in [0, 0.1) is 12.7 Å². The van der Waals surface area contributed by atoms with Crippen LogP contribution >= 0.6 is 11.3 Å². The Kier molecular flexibility index (Phi) is 9.40. The minimum absolute atomic E-state index is 0.0918. The first-order valence-corrected chi connectivity index (χ1v) is 19.0. The van der Waals surface area contributed by atoms with Crippen molar-refractivity contribution in [2.75, 3.05) is 14.2 Å². The Morgan fingerprint density at radius 1 is 1.07 bits per heavy atom. The molecule has 0 saturated heterocycles. The van der Waals surface area contributed by atoms with E-state index in [4.69, 9.17) is 13.9 Å². The van der Waals surface area contributed by atoms with Gasteiger partial charge in [0.05, 0.1) is 31.9 Å². The highest BCUT2D eigenvalue weighted by Gasteiger charge is 2.44. The average Bonchev–Trinajstić information content (AvgIpc) is 3.56. The molecule has 15 heteroatoms. The summed E-state index contributed by atoms with van der Waals surface area (Å²) in [6.45, 7) is 13.6. The van der Waals surface area contributed by atoms with Crippen molar-refractivity contribution in [3.05, 3.63) is 59.1 Å². The number of hydrogen-bond donors (Lipinski definition) is 0. The molecule has 0 aliphatic heterocycles. The van der Waals surface area contributed by atoms with Gasteiger partial charge < -0.3 is 13.9 Å². The predicted molar refractivity (Wildman–Crippen MR) is 165 cm³/mol. The maximum Gasteiger partial charge on any atom is 0.197 e. The zero-order chi connectivity index (χ0) is 31.7. The van der Waals surface area contributed by atoms with Gasteiger partial charge in [0.15, 0.2) is 46.5 Å². The zero-order valence-electron chi connectivity index (χ0n) is 25.7. The van der Waals surface area contributed by atoms with Crippen LogP contribution in [-0.4, -0.2) is 65.9 Å². The number of thiazole rings is 1. The van der Waals surface area contributed by atoms with Gasteiger partial charge >= 0.3 is 0 Å². The van der Waals surface area contributed by atoms with Crippen molar-refractivity contribution in [3.63, 3.8) is 0 Å². The van der Waals surface area contributed by atoms with Gasteiger partial charge in [-0.15, -0.1) is 21.5 Å². The van der Waals surface area contributed by atoms with Crippen molar-refractivity contribution in [1.82, 2.24) is 29.7 Å². The second-order valence-corrected chi connectivity index (χ2v) is 19.6. The Labute approximate surface area is 256 Å². The van der Waals surface area contributed by atoms with Crippen LogP contribution in [0.25, 0.3) is 16.5 Å². The van der Waals surface area contributed by atoms with E-state index < -0.39 is 41.1 Å². The molecule has 0 aliphatic rings. The fraction of sp³-hybridized carbons (Fsp3) is 0.464. The van der Waals surface area contributed by atoms with E-state index in [-0.39, 0.29) is 16.7 Å². The van der Waals surface area contributed by atoms with E-state index in [2.05, 4.69) is 25.1 Å². The third-order valence-electron chi connectivity index (χ3n) is 7.61. The summed E-state index contributed by atoms with van der Waals surface area (Å²) in [5.74, 6) is 0.283. The molecule has 0 radical (unpaired) electrons. The summed E-state index contributed by atoms with van der Waals surface area (Å²) in [5, 5.41) is 9.76. The number of aryl methyl sites for hydroxylation is 1. The predicted octanol–water partition coefficient (Wildman–Crippen LogP) is 5.71. The third kappa shape index (κ3) is 6.79. The Morgan fingerprint density at radius 3 is 2.19 bits per heavy atom. The topological polar surface area (TPSA) is 131 Å². The molecule has 4 aromatic rings. The van der Waals surface area contributed by atoms with Crippen LogP contribution in [0.5, 0.6) is 11.5 Å². The van der Waals surface area contributed by atoms with E-state index in [0.29, 0.717) is 28.0 Å². The lowest BCUT2D eigenvalue weighted by Gasteiger charge is -2.40. The summed E-state index contributed by atoms with van der Waals surface area (Å²) < 4.78 is 61.7. The smallest absolute Gasteiger partial charge is 0.197 e. The van der Waals surface area contributed by atoms with Crippen LogP contribution in [0.1, 0.15) is 51.1 Å². The lowest BCUT2D eigenvalue weighted by molar-refractivity contribution is 0.171. The largest absolute Gasteiger partial charge is 0.494 e. The Hall–Kier alpha value is -3.27. The van der Waals surface area contributed by atoms with E-state index in [1.54, 1.807) is 29.7 Å².